The molecule has 5 heterocycles. The van der Waals surface area contributed by atoms with Crippen LogP contribution in [0, 0.1) is 0 Å². The molecule has 0 aliphatic carbocycles. The Labute approximate surface area is 205 Å². The molecule has 3 aromatic rings. The molecule has 5 rings (SSSR count). The second-order valence-electron chi connectivity index (χ2n) is 9.89. The number of fused-ring (bicyclic) bond motifs is 2. The third-order valence-electron chi connectivity index (χ3n) is 6.44. The first-order chi connectivity index (χ1) is 16.7. The van der Waals surface area contributed by atoms with E-state index in [1.165, 1.54) is 0 Å². The third-order valence-corrected chi connectivity index (χ3v) is 6.44. The quantitative estimate of drug-likeness (QED) is 0.607. The lowest BCUT2D eigenvalue weighted by Gasteiger charge is -2.28. The van der Waals surface area contributed by atoms with Gasteiger partial charge in [-0.1, -0.05) is 6.07 Å². The predicted octanol–water partition coefficient (Wildman–Crippen LogP) is 3.82. The van der Waals surface area contributed by atoms with Crippen molar-refractivity contribution in [1.82, 2.24) is 29.6 Å². The van der Waals surface area contributed by atoms with E-state index >= 15 is 0 Å². The fraction of sp³-hybridized carbons (Fsp3) is 0.440. The van der Waals surface area contributed by atoms with Crippen molar-refractivity contribution in [1.29, 1.82) is 0 Å². The van der Waals surface area contributed by atoms with Gasteiger partial charge in [0.2, 0.25) is 0 Å². The smallest absolute Gasteiger partial charge is 0.410 e. The molecular weight excluding hydrogens is 446 g/mol. The average molecular weight is 478 g/mol. The van der Waals surface area contributed by atoms with Gasteiger partial charge in [0.05, 0.1) is 6.10 Å². The summed E-state index contributed by atoms with van der Waals surface area (Å²) in [6, 6.07) is 7.16. The molecule has 0 spiro atoms. The predicted molar refractivity (Wildman–Crippen MR) is 131 cm³/mol. The van der Waals surface area contributed by atoms with E-state index in [2.05, 4.69) is 43.9 Å². The molecule has 184 valence electrons. The molecule has 2 amide bonds. The zero-order valence-corrected chi connectivity index (χ0v) is 20.4. The SMILES string of the molecule is CC(C)OC(=O)N1CCc2cnc(C(=O)Nc3cccc(-c4nnc5n4C(C)(C)CC5)n3)cc2C1.[HH]. The Morgan fingerprint density at radius 2 is 2.00 bits per heavy atom. The van der Waals surface area contributed by atoms with Gasteiger partial charge in [-0.15, -0.1) is 10.2 Å². The van der Waals surface area contributed by atoms with Gasteiger partial charge in [-0.25, -0.2) is 9.78 Å². The minimum atomic E-state index is -0.369. The van der Waals surface area contributed by atoms with E-state index in [9.17, 15) is 9.59 Å². The minimum absolute atomic E-state index is 0. The Morgan fingerprint density at radius 3 is 2.80 bits per heavy atom. The van der Waals surface area contributed by atoms with Crippen LogP contribution in [0.1, 0.15) is 63.0 Å². The summed E-state index contributed by atoms with van der Waals surface area (Å²) in [6.07, 6.45) is 3.72. The van der Waals surface area contributed by atoms with Crippen LogP contribution < -0.4 is 5.32 Å². The maximum Gasteiger partial charge on any atom is 0.410 e. The van der Waals surface area contributed by atoms with Crippen molar-refractivity contribution in [2.75, 3.05) is 11.9 Å². The highest BCUT2D eigenvalue weighted by molar-refractivity contribution is 6.02. The highest BCUT2D eigenvalue weighted by Gasteiger charge is 2.34. The van der Waals surface area contributed by atoms with Gasteiger partial charge in [0, 0.05) is 32.7 Å². The Hall–Kier alpha value is -3.82. The van der Waals surface area contributed by atoms with Crippen LogP contribution in [0.2, 0.25) is 0 Å². The summed E-state index contributed by atoms with van der Waals surface area (Å²) in [5.41, 5.74) is 2.74. The zero-order chi connectivity index (χ0) is 24.7. The molecule has 0 aromatic carbocycles. The summed E-state index contributed by atoms with van der Waals surface area (Å²) in [6.45, 7) is 8.91. The lowest BCUT2D eigenvalue weighted by Crippen LogP contribution is -2.37. The van der Waals surface area contributed by atoms with E-state index < -0.39 is 0 Å². The Morgan fingerprint density at radius 1 is 1.17 bits per heavy atom. The first-order valence-electron chi connectivity index (χ1n) is 11.9. The van der Waals surface area contributed by atoms with Gasteiger partial charge in [0.15, 0.2) is 5.82 Å². The van der Waals surface area contributed by atoms with Crippen LogP contribution in [0.15, 0.2) is 30.5 Å². The van der Waals surface area contributed by atoms with Crippen LogP contribution >= 0.6 is 0 Å². The highest BCUT2D eigenvalue weighted by atomic mass is 16.6. The number of aromatic nitrogens is 5. The lowest BCUT2D eigenvalue weighted by molar-refractivity contribution is 0.0729. The standard InChI is InChI=1S/C25H29N7O3.H2/c1-15(2)35-24(34)31-11-9-16-13-26-19(12-17(16)14-31)23(33)28-20-7-5-6-18(27-20)22-30-29-21-8-10-25(3,4)32(21)22;/h5-7,12-13,15H,8-11,14H2,1-4H3,(H,27,28,33);1H. The molecular formula is C25H31N7O3. The Balaban J connectivity index is 0.00000304. The molecule has 1 N–H and O–H groups in total. The zero-order valence-electron chi connectivity index (χ0n) is 20.4. The van der Waals surface area contributed by atoms with Crippen LogP contribution in [0.4, 0.5) is 10.6 Å². The molecule has 3 aromatic heterocycles. The van der Waals surface area contributed by atoms with Gasteiger partial charge in [-0.05, 0) is 69.9 Å². The molecule has 35 heavy (non-hydrogen) atoms. The second kappa shape index (κ2) is 8.75. The molecule has 2 aliphatic heterocycles. The third kappa shape index (κ3) is 4.48. The number of anilines is 1. The second-order valence-corrected chi connectivity index (χ2v) is 9.89. The average Bonchev–Trinajstić information content (AvgIpc) is 3.39. The van der Waals surface area contributed by atoms with Crippen molar-refractivity contribution in [2.24, 2.45) is 0 Å². The largest absolute Gasteiger partial charge is 0.447 e. The molecule has 0 saturated heterocycles. The lowest BCUT2D eigenvalue weighted by atomic mass is 10.0. The first-order valence-corrected chi connectivity index (χ1v) is 11.9. The molecule has 10 nitrogen and oxygen atoms in total. The summed E-state index contributed by atoms with van der Waals surface area (Å²) >= 11 is 0. The van der Waals surface area contributed by atoms with Crippen LogP contribution in [-0.4, -0.2) is 54.3 Å². The summed E-state index contributed by atoms with van der Waals surface area (Å²) in [7, 11) is 0. The summed E-state index contributed by atoms with van der Waals surface area (Å²) in [5.74, 6) is 1.68. The molecule has 0 fully saturated rings. The first kappa shape index (κ1) is 22.9. The van der Waals surface area contributed by atoms with Gasteiger partial charge in [0.25, 0.3) is 5.91 Å². The molecule has 0 radical (unpaired) electrons. The van der Waals surface area contributed by atoms with E-state index in [4.69, 9.17) is 4.74 Å². The van der Waals surface area contributed by atoms with Crippen molar-refractivity contribution in [3.8, 4) is 11.5 Å². The molecule has 0 atom stereocenters. The van der Waals surface area contributed by atoms with E-state index in [1.54, 1.807) is 23.2 Å². The maximum atomic E-state index is 13.0. The highest BCUT2D eigenvalue weighted by Crippen LogP contribution is 2.35. The van der Waals surface area contributed by atoms with Gasteiger partial charge in [-0.3, -0.25) is 9.78 Å². The van der Waals surface area contributed by atoms with Crippen LogP contribution in [0.5, 0.6) is 0 Å². The number of rotatable bonds is 4. The van der Waals surface area contributed by atoms with E-state index in [-0.39, 0.29) is 30.8 Å². The monoisotopic (exact) mass is 477 g/mol. The molecule has 0 bridgehead atoms. The van der Waals surface area contributed by atoms with Crippen LogP contribution in [-0.2, 0) is 29.7 Å². The van der Waals surface area contributed by atoms with Crippen molar-refractivity contribution in [3.05, 3.63) is 53.1 Å². The minimum Gasteiger partial charge on any atom is -0.447 e. The number of ether oxygens (including phenoxy) is 1. The number of carbonyl (C=O) groups excluding carboxylic acids is 2. The maximum absolute atomic E-state index is 13.0. The van der Waals surface area contributed by atoms with Crippen molar-refractivity contribution in [3.63, 3.8) is 0 Å². The number of aryl methyl sites for hydroxylation is 1. The molecule has 0 unspecified atom stereocenters. The molecule has 0 saturated carbocycles. The number of pyridine rings is 2. The fourth-order valence-electron chi connectivity index (χ4n) is 4.61. The van der Waals surface area contributed by atoms with Crippen LogP contribution in [0.25, 0.3) is 11.5 Å². The van der Waals surface area contributed by atoms with E-state index in [1.807, 2.05) is 26.0 Å². The summed E-state index contributed by atoms with van der Waals surface area (Å²) in [4.78, 5) is 35.9. The number of hydrogen-bond donors (Lipinski definition) is 1. The van der Waals surface area contributed by atoms with Gasteiger partial charge < -0.3 is 19.5 Å². The topological polar surface area (TPSA) is 115 Å². The summed E-state index contributed by atoms with van der Waals surface area (Å²) in [5, 5.41) is 11.5. The number of nitrogens with one attached hydrogen (secondary N) is 1. The fourth-order valence-corrected chi connectivity index (χ4v) is 4.61. The van der Waals surface area contributed by atoms with Crippen molar-refractivity contribution >= 4 is 17.8 Å². The van der Waals surface area contributed by atoms with E-state index in [0.717, 1.165) is 29.8 Å². The molecule has 10 heteroatoms. The number of hydrogen-bond acceptors (Lipinski definition) is 7. The van der Waals surface area contributed by atoms with Crippen molar-refractivity contribution < 1.29 is 15.8 Å². The van der Waals surface area contributed by atoms with Gasteiger partial charge >= 0.3 is 6.09 Å². The van der Waals surface area contributed by atoms with Crippen molar-refractivity contribution in [2.45, 2.75) is 65.1 Å². The normalized spacial score (nSPS) is 16.1. The van der Waals surface area contributed by atoms with Gasteiger partial charge in [0.1, 0.15) is 23.0 Å². The summed E-state index contributed by atoms with van der Waals surface area (Å²) < 4.78 is 7.44. The number of carbonyl (C=O) groups is 2. The van der Waals surface area contributed by atoms with Crippen LogP contribution in [0.3, 0.4) is 0 Å². The molecule has 2 aliphatic rings. The Kier molecular flexibility index (Phi) is 5.74. The Bertz CT molecular complexity index is 1300. The van der Waals surface area contributed by atoms with Gasteiger partial charge in [-0.2, -0.15) is 0 Å². The number of nitrogens with zero attached hydrogens (tertiary/aromatic N) is 6. The van der Waals surface area contributed by atoms with E-state index in [0.29, 0.717) is 36.8 Å². The number of amides is 2.